The summed E-state index contributed by atoms with van der Waals surface area (Å²) in [5.41, 5.74) is 2.29. The molecule has 3 heterocycles. The van der Waals surface area contributed by atoms with Crippen LogP contribution in [0.3, 0.4) is 0 Å². The fraction of sp³-hybridized carbons (Fsp3) is 0.278. The van der Waals surface area contributed by atoms with Gasteiger partial charge in [-0.25, -0.2) is 18.2 Å². The van der Waals surface area contributed by atoms with Gasteiger partial charge in [0.25, 0.3) is 0 Å². The second kappa shape index (κ2) is 7.36. The number of halogens is 3. The molecule has 0 aliphatic carbocycles. The number of hydrogen-bond acceptors (Lipinski definition) is 5. The molecule has 27 heavy (non-hydrogen) atoms. The van der Waals surface area contributed by atoms with Gasteiger partial charge in [0.2, 0.25) is 0 Å². The van der Waals surface area contributed by atoms with E-state index in [4.69, 9.17) is 0 Å². The first-order valence-electron chi connectivity index (χ1n) is 8.50. The van der Waals surface area contributed by atoms with Crippen LogP contribution in [0.4, 0.5) is 19.0 Å². The van der Waals surface area contributed by atoms with Gasteiger partial charge in [-0.3, -0.25) is 14.6 Å². The molecule has 140 valence electrons. The predicted molar refractivity (Wildman–Crippen MR) is 92.0 cm³/mol. The molecule has 0 bridgehead atoms. The predicted octanol–water partition coefficient (Wildman–Crippen LogP) is 2.72. The molecule has 1 aromatic carbocycles. The molecule has 0 atom stereocenters. The van der Waals surface area contributed by atoms with Gasteiger partial charge in [0.1, 0.15) is 5.82 Å². The van der Waals surface area contributed by atoms with Crippen LogP contribution in [0.25, 0.3) is 0 Å². The van der Waals surface area contributed by atoms with Crippen molar-refractivity contribution in [2.45, 2.75) is 26.2 Å². The molecule has 0 fully saturated rings. The van der Waals surface area contributed by atoms with E-state index in [2.05, 4.69) is 20.4 Å². The standard InChI is InChI=1S/C18H17F3N6/c19-15-5-12(6-16(20)18(15)21)10-26-3-4-27-14(11-26)7-13(25-27)8-24-17-9-22-1-2-23-17/h1-2,5-7,9H,3-4,8,10-11H2,(H,23,24). The van der Waals surface area contributed by atoms with Gasteiger partial charge < -0.3 is 5.32 Å². The summed E-state index contributed by atoms with van der Waals surface area (Å²) >= 11 is 0. The van der Waals surface area contributed by atoms with Gasteiger partial charge in [0.05, 0.1) is 30.7 Å². The largest absolute Gasteiger partial charge is 0.363 e. The van der Waals surface area contributed by atoms with Gasteiger partial charge >= 0.3 is 0 Å². The highest BCUT2D eigenvalue weighted by molar-refractivity contribution is 5.31. The Kier molecular flexibility index (Phi) is 4.76. The summed E-state index contributed by atoms with van der Waals surface area (Å²) in [7, 11) is 0. The summed E-state index contributed by atoms with van der Waals surface area (Å²) < 4.78 is 41.8. The molecule has 2 aromatic heterocycles. The normalized spacial score (nSPS) is 14.2. The van der Waals surface area contributed by atoms with E-state index in [1.807, 2.05) is 15.6 Å². The van der Waals surface area contributed by atoms with E-state index in [1.54, 1.807) is 18.6 Å². The monoisotopic (exact) mass is 374 g/mol. The third kappa shape index (κ3) is 3.92. The second-order valence-electron chi connectivity index (χ2n) is 6.38. The summed E-state index contributed by atoms with van der Waals surface area (Å²) in [5, 5.41) is 7.71. The minimum Gasteiger partial charge on any atom is -0.363 e. The van der Waals surface area contributed by atoms with Gasteiger partial charge in [0, 0.05) is 32.0 Å². The molecule has 3 aromatic rings. The molecule has 1 N–H and O–H groups in total. The maximum Gasteiger partial charge on any atom is 0.194 e. The Morgan fingerprint density at radius 2 is 1.85 bits per heavy atom. The number of hydrogen-bond donors (Lipinski definition) is 1. The molecule has 4 rings (SSSR count). The summed E-state index contributed by atoms with van der Waals surface area (Å²) in [5.74, 6) is -3.09. The van der Waals surface area contributed by atoms with Crippen molar-refractivity contribution in [1.82, 2.24) is 24.6 Å². The van der Waals surface area contributed by atoms with E-state index in [9.17, 15) is 13.2 Å². The summed E-state index contributed by atoms with van der Waals surface area (Å²) in [6.07, 6.45) is 4.85. The van der Waals surface area contributed by atoms with Gasteiger partial charge in [0.15, 0.2) is 17.5 Å². The lowest BCUT2D eigenvalue weighted by Gasteiger charge is -2.27. The van der Waals surface area contributed by atoms with Crippen LogP contribution in [0.2, 0.25) is 0 Å². The van der Waals surface area contributed by atoms with Crippen LogP contribution >= 0.6 is 0 Å². The van der Waals surface area contributed by atoms with Crippen molar-refractivity contribution in [2.75, 3.05) is 11.9 Å². The zero-order valence-electron chi connectivity index (χ0n) is 14.4. The van der Waals surface area contributed by atoms with Crippen LogP contribution in [0, 0.1) is 17.5 Å². The van der Waals surface area contributed by atoms with Crippen molar-refractivity contribution < 1.29 is 13.2 Å². The molecule has 0 amide bonds. The Morgan fingerprint density at radius 1 is 1.04 bits per heavy atom. The van der Waals surface area contributed by atoms with E-state index in [0.717, 1.165) is 23.5 Å². The maximum atomic E-state index is 13.4. The lowest BCUT2D eigenvalue weighted by molar-refractivity contribution is 0.204. The molecule has 1 aliphatic rings. The first kappa shape index (κ1) is 17.5. The van der Waals surface area contributed by atoms with E-state index in [0.29, 0.717) is 44.1 Å². The van der Waals surface area contributed by atoms with Crippen molar-refractivity contribution in [3.8, 4) is 0 Å². The third-order valence-electron chi connectivity index (χ3n) is 4.39. The topological polar surface area (TPSA) is 58.9 Å². The molecule has 0 saturated heterocycles. The first-order valence-corrected chi connectivity index (χ1v) is 8.50. The van der Waals surface area contributed by atoms with E-state index in [1.165, 1.54) is 0 Å². The van der Waals surface area contributed by atoms with Gasteiger partial charge in [-0.1, -0.05) is 0 Å². The van der Waals surface area contributed by atoms with Crippen LogP contribution in [0.1, 0.15) is 17.0 Å². The van der Waals surface area contributed by atoms with E-state index >= 15 is 0 Å². The molecular formula is C18H17F3N6. The van der Waals surface area contributed by atoms with Crippen molar-refractivity contribution in [2.24, 2.45) is 0 Å². The molecule has 0 unspecified atom stereocenters. The second-order valence-corrected chi connectivity index (χ2v) is 6.38. The maximum absolute atomic E-state index is 13.4. The molecule has 1 aliphatic heterocycles. The van der Waals surface area contributed by atoms with Gasteiger partial charge in [-0.2, -0.15) is 5.10 Å². The van der Waals surface area contributed by atoms with Gasteiger partial charge in [-0.15, -0.1) is 0 Å². The summed E-state index contributed by atoms with van der Waals surface area (Å²) in [4.78, 5) is 10.2. The number of nitrogens with zero attached hydrogens (tertiary/aromatic N) is 5. The first-order chi connectivity index (χ1) is 13.1. The number of aromatic nitrogens is 4. The Hall–Kier alpha value is -2.94. The Balaban J connectivity index is 1.40. The van der Waals surface area contributed by atoms with Crippen molar-refractivity contribution in [3.05, 3.63) is 71.2 Å². The van der Waals surface area contributed by atoms with Crippen molar-refractivity contribution in [1.29, 1.82) is 0 Å². The summed E-state index contributed by atoms with van der Waals surface area (Å²) in [6, 6.07) is 4.07. The molecule has 0 saturated carbocycles. The van der Waals surface area contributed by atoms with Crippen LogP contribution in [0.5, 0.6) is 0 Å². The number of benzene rings is 1. The number of anilines is 1. The highest BCUT2D eigenvalue weighted by atomic mass is 19.2. The average molecular weight is 374 g/mol. The quantitative estimate of drug-likeness (QED) is 0.696. The molecular weight excluding hydrogens is 357 g/mol. The minimum atomic E-state index is -1.43. The number of nitrogens with one attached hydrogen (secondary N) is 1. The van der Waals surface area contributed by atoms with Crippen LogP contribution < -0.4 is 5.32 Å². The SMILES string of the molecule is Fc1cc(CN2CCn3nc(CNc4cnccn4)cc3C2)cc(F)c1F. The molecule has 0 spiro atoms. The van der Waals surface area contributed by atoms with E-state index < -0.39 is 17.5 Å². The Labute approximate surface area is 153 Å². The van der Waals surface area contributed by atoms with Crippen LogP contribution in [-0.2, 0) is 26.2 Å². The van der Waals surface area contributed by atoms with E-state index in [-0.39, 0.29) is 0 Å². The zero-order valence-corrected chi connectivity index (χ0v) is 14.4. The van der Waals surface area contributed by atoms with Crippen molar-refractivity contribution in [3.63, 3.8) is 0 Å². The number of rotatable bonds is 5. The smallest absolute Gasteiger partial charge is 0.194 e. The fourth-order valence-corrected chi connectivity index (χ4v) is 3.13. The highest BCUT2D eigenvalue weighted by Crippen LogP contribution is 2.19. The zero-order chi connectivity index (χ0) is 18.8. The van der Waals surface area contributed by atoms with Crippen molar-refractivity contribution >= 4 is 5.82 Å². The lowest BCUT2D eigenvalue weighted by atomic mass is 10.1. The van der Waals surface area contributed by atoms with Gasteiger partial charge in [-0.05, 0) is 23.8 Å². The fourth-order valence-electron chi connectivity index (χ4n) is 3.13. The summed E-state index contributed by atoms with van der Waals surface area (Å²) in [6.45, 7) is 2.82. The lowest BCUT2D eigenvalue weighted by Crippen LogP contribution is -2.33. The molecule has 6 nitrogen and oxygen atoms in total. The third-order valence-corrected chi connectivity index (χ3v) is 4.39. The molecule has 9 heteroatoms. The number of fused-ring (bicyclic) bond motifs is 1. The van der Waals surface area contributed by atoms with Crippen LogP contribution in [-0.4, -0.2) is 31.2 Å². The highest BCUT2D eigenvalue weighted by Gasteiger charge is 2.20. The van der Waals surface area contributed by atoms with Crippen LogP contribution in [0.15, 0.2) is 36.8 Å². The Bertz CT molecular complexity index is 921. The average Bonchev–Trinajstić information content (AvgIpc) is 3.07. The minimum absolute atomic E-state index is 0.340. The molecule has 0 radical (unpaired) electrons. The Morgan fingerprint density at radius 3 is 2.59 bits per heavy atom.